The van der Waals surface area contributed by atoms with Crippen LogP contribution in [0.15, 0.2) is 22.7 Å². The largest absolute Gasteiger partial charge is 0.366 e. The number of nitrogens with two attached hydrogens (primary N) is 1. The van der Waals surface area contributed by atoms with E-state index in [9.17, 15) is 0 Å². The van der Waals surface area contributed by atoms with Crippen LogP contribution in [0.2, 0.25) is 0 Å². The molecule has 3 rings (SSSR count). The van der Waals surface area contributed by atoms with Gasteiger partial charge in [0.25, 0.3) is 0 Å². The van der Waals surface area contributed by atoms with E-state index in [0.29, 0.717) is 6.54 Å². The van der Waals surface area contributed by atoms with Crippen molar-refractivity contribution < 1.29 is 4.74 Å². The number of ether oxygens (including phenoxy) is 1. The molecule has 0 bridgehead atoms. The molecule has 1 aliphatic rings. The van der Waals surface area contributed by atoms with Crippen molar-refractivity contribution in [3.05, 3.63) is 27.7 Å². The van der Waals surface area contributed by atoms with Crippen LogP contribution in [0.25, 0.3) is 10.2 Å². The molecule has 0 radical (unpaired) electrons. The van der Waals surface area contributed by atoms with Crippen LogP contribution < -0.4 is 5.73 Å². The Morgan fingerprint density at radius 2 is 2.35 bits per heavy atom. The zero-order valence-electron chi connectivity index (χ0n) is 9.23. The lowest BCUT2D eigenvalue weighted by Crippen LogP contribution is -2.18. The number of halogens is 1. The third kappa shape index (κ3) is 2.25. The molecular weight excluding hydrogens is 300 g/mol. The standard InChI is InChI=1S/C12H13BrN2OS/c13-7-1-3-9-11(5-7)17-12(15-9)10-4-2-8(6-14)16-10/h1,3,5,8,10H,2,4,6,14H2. The van der Waals surface area contributed by atoms with Gasteiger partial charge in [-0.05, 0) is 31.0 Å². The molecule has 2 N–H and O–H groups in total. The first-order valence-electron chi connectivity index (χ1n) is 5.68. The number of nitrogens with zero attached hydrogens (tertiary/aromatic N) is 1. The van der Waals surface area contributed by atoms with E-state index in [1.165, 1.54) is 4.70 Å². The fourth-order valence-corrected chi connectivity index (χ4v) is 3.71. The fraction of sp³-hybridized carbons (Fsp3) is 0.417. The molecule has 1 aromatic carbocycles. The first-order chi connectivity index (χ1) is 8.26. The highest BCUT2D eigenvalue weighted by molar-refractivity contribution is 9.10. The molecule has 5 heteroatoms. The first-order valence-corrected chi connectivity index (χ1v) is 7.29. The lowest BCUT2D eigenvalue weighted by molar-refractivity contribution is 0.0498. The highest BCUT2D eigenvalue weighted by Crippen LogP contribution is 2.37. The van der Waals surface area contributed by atoms with Gasteiger partial charge in [0.1, 0.15) is 11.1 Å². The number of hydrogen-bond acceptors (Lipinski definition) is 4. The quantitative estimate of drug-likeness (QED) is 0.926. The number of thiazole rings is 1. The molecule has 2 unspecified atom stereocenters. The highest BCUT2D eigenvalue weighted by Gasteiger charge is 2.27. The van der Waals surface area contributed by atoms with Gasteiger partial charge in [0, 0.05) is 11.0 Å². The van der Waals surface area contributed by atoms with E-state index in [4.69, 9.17) is 10.5 Å². The molecule has 0 aliphatic carbocycles. The van der Waals surface area contributed by atoms with Crippen molar-refractivity contribution >= 4 is 37.5 Å². The van der Waals surface area contributed by atoms with Gasteiger partial charge in [-0.15, -0.1) is 11.3 Å². The summed E-state index contributed by atoms with van der Waals surface area (Å²) >= 11 is 5.19. The van der Waals surface area contributed by atoms with Crippen molar-refractivity contribution in [2.45, 2.75) is 25.0 Å². The number of aromatic nitrogens is 1. The average molecular weight is 313 g/mol. The van der Waals surface area contributed by atoms with Gasteiger partial charge in [-0.25, -0.2) is 4.98 Å². The predicted octanol–water partition coefficient (Wildman–Crippen LogP) is 3.24. The zero-order chi connectivity index (χ0) is 11.8. The Morgan fingerprint density at radius 1 is 1.47 bits per heavy atom. The second-order valence-corrected chi connectivity index (χ2v) is 6.20. The van der Waals surface area contributed by atoms with E-state index in [0.717, 1.165) is 27.8 Å². The SMILES string of the molecule is NCC1CCC(c2nc3ccc(Br)cc3s2)O1. The molecule has 1 aromatic heterocycles. The Morgan fingerprint density at radius 3 is 3.12 bits per heavy atom. The summed E-state index contributed by atoms with van der Waals surface area (Å²) in [6.07, 6.45) is 2.42. The second-order valence-electron chi connectivity index (χ2n) is 4.22. The van der Waals surface area contributed by atoms with Gasteiger partial charge in [-0.3, -0.25) is 0 Å². The summed E-state index contributed by atoms with van der Waals surface area (Å²) in [5.74, 6) is 0. The summed E-state index contributed by atoms with van der Waals surface area (Å²) < 4.78 is 8.16. The normalized spacial score (nSPS) is 24.6. The molecule has 0 saturated carbocycles. The minimum atomic E-state index is 0.139. The molecule has 17 heavy (non-hydrogen) atoms. The number of rotatable bonds is 2. The van der Waals surface area contributed by atoms with E-state index >= 15 is 0 Å². The molecule has 2 atom stereocenters. The lowest BCUT2D eigenvalue weighted by atomic mass is 10.2. The Hall–Kier alpha value is -0.490. The van der Waals surface area contributed by atoms with E-state index in [1.807, 2.05) is 12.1 Å². The molecule has 0 spiro atoms. The van der Waals surface area contributed by atoms with Crippen LogP contribution in [0.4, 0.5) is 0 Å². The van der Waals surface area contributed by atoms with Gasteiger partial charge in [0.15, 0.2) is 0 Å². The maximum atomic E-state index is 5.87. The lowest BCUT2D eigenvalue weighted by Gasteiger charge is -2.08. The van der Waals surface area contributed by atoms with Crippen molar-refractivity contribution in [3.8, 4) is 0 Å². The minimum Gasteiger partial charge on any atom is -0.366 e. The monoisotopic (exact) mass is 312 g/mol. The van der Waals surface area contributed by atoms with Crippen LogP contribution >= 0.6 is 27.3 Å². The topological polar surface area (TPSA) is 48.1 Å². The first kappa shape index (κ1) is 11.6. The summed E-state index contributed by atoms with van der Waals surface area (Å²) in [5, 5.41) is 1.08. The molecule has 1 aliphatic heterocycles. The van der Waals surface area contributed by atoms with Crippen LogP contribution in [0.3, 0.4) is 0 Å². The maximum absolute atomic E-state index is 5.87. The number of hydrogen-bond donors (Lipinski definition) is 1. The molecule has 2 heterocycles. The second kappa shape index (κ2) is 4.65. The summed E-state index contributed by atoms with van der Waals surface area (Å²) in [4.78, 5) is 4.64. The van der Waals surface area contributed by atoms with Crippen LogP contribution in [-0.2, 0) is 4.74 Å². The third-order valence-electron chi connectivity index (χ3n) is 3.01. The Bertz CT molecular complexity index is 542. The fourth-order valence-electron chi connectivity index (χ4n) is 2.11. The Kier molecular flexibility index (Phi) is 3.17. The van der Waals surface area contributed by atoms with Crippen molar-refractivity contribution in [1.29, 1.82) is 0 Å². The van der Waals surface area contributed by atoms with E-state index < -0.39 is 0 Å². The third-order valence-corrected chi connectivity index (χ3v) is 4.62. The van der Waals surface area contributed by atoms with Crippen molar-refractivity contribution in [2.24, 2.45) is 5.73 Å². The molecule has 1 saturated heterocycles. The van der Waals surface area contributed by atoms with Gasteiger partial charge >= 0.3 is 0 Å². The highest BCUT2D eigenvalue weighted by atomic mass is 79.9. The van der Waals surface area contributed by atoms with Crippen LogP contribution in [-0.4, -0.2) is 17.6 Å². The number of benzene rings is 1. The van der Waals surface area contributed by atoms with Gasteiger partial charge in [0.05, 0.1) is 16.3 Å². The van der Waals surface area contributed by atoms with E-state index in [-0.39, 0.29) is 12.2 Å². The van der Waals surface area contributed by atoms with Gasteiger partial charge in [0.2, 0.25) is 0 Å². The average Bonchev–Trinajstić information content (AvgIpc) is 2.93. The van der Waals surface area contributed by atoms with E-state index in [1.54, 1.807) is 11.3 Å². The summed E-state index contributed by atoms with van der Waals surface area (Å²) in [6, 6.07) is 6.16. The Labute approximate surface area is 112 Å². The molecule has 1 fully saturated rings. The predicted molar refractivity (Wildman–Crippen MR) is 73.2 cm³/mol. The van der Waals surface area contributed by atoms with Crippen molar-refractivity contribution in [1.82, 2.24) is 4.98 Å². The molecule has 90 valence electrons. The molecular formula is C12H13BrN2OS. The van der Waals surface area contributed by atoms with Gasteiger partial charge < -0.3 is 10.5 Å². The summed E-state index contributed by atoms with van der Waals surface area (Å²) in [5.41, 5.74) is 6.67. The van der Waals surface area contributed by atoms with Crippen LogP contribution in [0.1, 0.15) is 24.0 Å². The summed E-state index contributed by atoms with van der Waals surface area (Å²) in [6.45, 7) is 0.604. The number of fused-ring (bicyclic) bond motifs is 1. The van der Waals surface area contributed by atoms with Crippen LogP contribution in [0, 0.1) is 0 Å². The zero-order valence-corrected chi connectivity index (χ0v) is 11.6. The van der Waals surface area contributed by atoms with E-state index in [2.05, 4.69) is 27.0 Å². The smallest absolute Gasteiger partial charge is 0.123 e. The van der Waals surface area contributed by atoms with Crippen molar-refractivity contribution in [2.75, 3.05) is 6.54 Å². The summed E-state index contributed by atoms with van der Waals surface area (Å²) in [7, 11) is 0. The molecule has 3 nitrogen and oxygen atoms in total. The maximum Gasteiger partial charge on any atom is 0.123 e. The van der Waals surface area contributed by atoms with Crippen LogP contribution in [0.5, 0.6) is 0 Å². The molecule has 2 aromatic rings. The molecule has 0 amide bonds. The Balaban J connectivity index is 1.91. The van der Waals surface area contributed by atoms with Gasteiger partial charge in [-0.1, -0.05) is 15.9 Å². The minimum absolute atomic E-state index is 0.139. The van der Waals surface area contributed by atoms with Crippen molar-refractivity contribution in [3.63, 3.8) is 0 Å². The van der Waals surface area contributed by atoms with Gasteiger partial charge in [-0.2, -0.15) is 0 Å².